The van der Waals surface area contributed by atoms with Crippen molar-refractivity contribution in [3.63, 3.8) is 0 Å². The van der Waals surface area contributed by atoms with E-state index in [0.29, 0.717) is 6.04 Å². The normalized spacial score (nSPS) is 17.6. The number of aryl methyl sites for hydroxylation is 2. The lowest BCUT2D eigenvalue weighted by molar-refractivity contribution is 0.470. The smallest absolute Gasteiger partial charge is 0.0767 e. The van der Waals surface area contributed by atoms with Crippen LogP contribution in [-0.2, 0) is 20.0 Å². The molecule has 2 heterocycles. The molecule has 0 unspecified atom stereocenters. The Hall–Kier alpha value is -0.000000000000000111. The molecule has 1 aromatic heterocycles. The summed E-state index contributed by atoms with van der Waals surface area (Å²) >= 11 is 5.73. The van der Waals surface area contributed by atoms with Crippen LogP contribution in [0.2, 0.25) is 0 Å². The van der Waals surface area contributed by atoms with Crippen LogP contribution < -0.4 is 5.32 Å². The molecule has 96 valence electrons. The molecule has 5 heteroatoms. The Labute approximate surface area is 116 Å². The van der Waals surface area contributed by atoms with Crippen LogP contribution in [0.15, 0.2) is 4.47 Å². The fourth-order valence-corrected chi connectivity index (χ4v) is 4.02. The third-order valence-electron chi connectivity index (χ3n) is 3.28. The van der Waals surface area contributed by atoms with Crippen LogP contribution in [0.4, 0.5) is 0 Å². The van der Waals surface area contributed by atoms with Crippen molar-refractivity contribution in [1.29, 1.82) is 0 Å². The number of hydrogen-bond donors (Lipinski definition) is 1. The molecule has 1 saturated heterocycles. The topological polar surface area (TPSA) is 29.9 Å². The van der Waals surface area contributed by atoms with Crippen LogP contribution in [0.1, 0.15) is 31.2 Å². The summed E-state index contributed by atoms with van der Waals surface area (Å²) in [6.45, 7) is 3.06. The van der Waals surface area contributed by atoms with Gasteiger partial charge in [0, 0.05) is 19.6 Å². The lowest BCUT2D eigenvalue weighted by atomic mass is 10.1. The minimum absolute atomic E-state index is 0.683. The second kappa shape index (κ2) is 6.25. The Kier molecular flexibility index (Phi) is 4.94. The maximum Gasteiger partial charge on any atom is 0.0767 e. The predicted octanol–water partition coefficient (Wildman–Crippen LogP) is 2.73. The van der Waals surface area contributed by atoms with Crippen LogP contribution in [-0.4, -0.2) is 27.3 Å². The van der Waals surface area contributed by atoms with Gasteiger partial charge >= 0.3 is 0 Å². The van der Waals surface area contributed by atoms with Crippen molar-refractivity contribution in [3.05, 3.63) is 15.9 Å². The molecule has 1 N–H and O–H groups in total. The third kappa shape index (κ3) is 3.26. The van der Waals surface area contributed by atoms with E-state index in [9.17, 15) is 0 Å². The zero-order chi connectivity index (χ0) is 12.3. The summed E-state index contributed by atoms with van der Waals surface area (Å²) in [5, 5.41) is 8.17. The standard InChI is InChI=1S/C12H20BrN3S/c1-3-10-12(13)11(16(2)15-10)8-14-9-4-6-17-7-5-9/h9,14H,3-8H2,1-2H3. The highest BCUT2D eigenvalue weighted by Gasteiger charge is 2.16. The molecule has 0 aliphatic carbocycles. The molecule has 0 amide bonds. The maximum atomic E-state index is 4.52. The second-order valence-corrected chi connectivity index (χ2v) is 6.47. The van der Waals surface area contributed by atoms with E-state index >= 15 is 0 Å². The Morgan fingerprint density at radius 1 is 1.47 bits per heavy atom. The minimum Gasteiger partial charge on any atom is -0.308 e. The van der Waals surface area contributed by atoms with E-state index in [1.54, 1.807) is 0 Å². The van der Waals surface area contributed by atoms with Gasteiger partial charge in [-0.1, -0.05) is 6.92 Å². The van der Waals surface area contributed by atoms with Crippen molar-refractivity contribution in [2.24, 2.45) is 7.05 Å². The molecule has 0 aromatic carbocycles. The number of thioether (sulfide) groups is 1. The third-order valence-corrected chi connectivity index (χ3v) is 5.25. The van der Waals surface area contributed by atoms with Gasteiger partial charge in [-0.25, -0.2) is 0 Å². The number of nitrogens with zero attached hydrogens (tertiary/aromatic N) is 2. The SMILES string of the molecule is CCc1nn(C)c(CNC2CCSCC2)c1Br. The van der Waals surface area contributed by atoms with Crippen LogP contribution in [0.25, 0.3) is 0 Å². The van der Waals surface area contributed by atoms with Gasteiger partial charge in [0.05, 0.1) is 15.9 Å². The van der Waals surface area contributed by atoms with Gasteiger partial charge in [0.25, 0.3) is 0 Å². The van der Waals surface area contributed by atoms with Crippen molar-refractivity contribution < 1.29 is 0 Å². The minimum atomic E-state index is 0.683. The Bertz CT molecular complexity index is 372. The van der Waals surface area contributed by atoms with E-state index in [1.165, 1.54) is 34.5 Å². The molecule has 0 saturated carbocycles. The number of halogens is 1. The molecule has 3 nitrogen and oxygen atoms in total. The molecule has 1 fully saturated rings. The summed E-state index contributed by atoms with van der Waals surface area (Å²) in [7, 11) is 2.03. The van der Waals surface area contributed by atoms with Crippen molar-refractivity contribution >= 4 is 27.7 Å². The highest BCUT2D eigenvalue weighted by Crippen LogP contribution is 2.22. The van der Waals surface area contributed by atoms with Crippen molar-refractivity contribution in [2.75, 3.05) is 11.5 Å². The lowest BCUT2D eigenvalue weighted by Gasteiger charge is -2.22. The van der Waals surface area contributed by atoms with E-state index in [1.807, 2.05) is 11.7 Å². The molecule has 17 heavy (non-hydrogen) atoms. The largest absolute Gasteiger partial charge is 0.308 e. The first-order valence-corrected chi connectivity index (χ1v) is 8.18. The monoisotopic (exact) mass is 317 g/mol. The van der Waals surface area contributed by atoms with Crippen molar-refractivity contribution in [3.8, 4) is 0 Å². The Balaban J connectivity index is 1.95. The highest BCUT2D eigenvalue weighted by atomic mass is 79.9. The summed E-state index contributed by atoms with van der Waals surface area (Å²) in [4.78, 5) is 0. The summed E-state index contributed by atoms with van der Waals surface area (Å²) in [5.41, 5.74) is 2.42. The fourth-order valence-electron chi connectivity index (χ4n) is 2.15. The van der Waals surface area contributed by atoms with Crippen LogP contribution in [0.3, 0.4) is 0 Å². The second-order valence-electron chi connectivity index (χ2n) is 4.45. The average Bonchev–Trinajstić information content (AvgIpc) is 2.63. The van der Waals surface area contributed by atoms with Crippen molar-refractivity contribution in [2.45, 2.75) is 38.8 Å². The molecule has 0 atom stereocenters. The zero-order valence-corrected chi connectivity index (χ0v) is 12.9. The van der Waals surface area contributed by atoms with E-state index in [2.05, 4.69) is 45.0 Å². The number of aromatic nitrogens is 2. The average molecular weight is 318 g/mol. The van der Waals surface area contributed by atoms with E-state index in [0.717, 1.165) is 18.7 Å². The van der Waals surface area contributed by atoms with Gasteiger partial charge in [-0.3, -0.25) is 4.68 Å². The molecule has 1 aliphatic heterocycles. The molecule has 0 radical (unpaired) electrons. The van der Waals surface area contributed by atoms with Gasteiger partial charge in [0.1, 0.15) is 0 Å². The molecule has 0 spiro atoms. The van der Waals surface area contributed by atoms with Crippen molar-refractivity contribution in [1.82, 2.24) is 15.1 Å². The highest BCUT2D eigenvalue weighted by molar-refractivity contribution is 9.10. The van der Waals surface area contributed by atoms with Crippen LogP contribution >= 0.6 is 27.7 Å². The molecule has 1 aliphatic rings. The Morgan fingerprint density at radius 3 is 2.76 bits per heavy atom. The van der Waals surface area contributed by atoms with Crippen LogP contribution in [0.5, 0.6) is 0 Å². The fraction of sp³-hybridized carbons (Fsp3) is 0.750. The number of rotatable bonds is 4. The summed E-state index contributed by atoms with van der Waals surface area (Å²) in [6, 6.07) is 0.683. The van der Waals surface area contributed by atoms with E-state index in [4.69, 9.17) is 0 Å². The van der Waals surface area contributed by atoms with Gasteiger partial charge in [-0.05, 0) is 46.7 Å². The molecule has 1 aromatic rings. The van der Waals surface area contributed by atoms with Gasteiger partial charge < -0.3 is 5.32 Å². The van der Waals surface area contributed by atoms with E-state index < -0.39 is 0 Å². The molecular formula is C12H20BrN3S. The molecular weight excluding hydrogens is 298 g/mol. The quantitative estimate of drug-likeness (QED) is 0.926. The summed E-state index contributed by atoms with van der Waals surface area (Å²) < 4.78 is 3.17. The van der Waals surface area contributed by atoms with Gasteiger partial charge in [-0.2, -0.15) is 16.9 Å². The molecule has 0 bridgehead atoms. The zero-order valence-electron chi connectivity index (χ0n) is 10.5. The predicted molar refractivity (Wildman–Crippen MR) is 77.5 cm³/mol. The van der Waals surface area contributed by atoms with E-state index in [-0.39, 0.29) is 0 Å². The number of nitrogens with one attached hydrogen (secondary N) is 1. The van der Waals surface area contributed by atoms with Gasteiger partial charge in [0.15, 0.2) is 0 Å². The Morgan fingerprint density at radius 2 is 2.18 bits per heavy atom. The first-order valence-electron chi connectivity index (χ1n) is 6.23. The van der Waals surface area contributed by atoms with Crippen LogP contribution in [0, 0.1) is 0 Å². The molecule has 2 rings (SSSR count). The first kappa shape index (κ1) is 13.4. The summed E-state index contributed by atoms with van der Waals surface area (Å²) in [6.07, 6.45) is 3.57. The maximum absolute atomic E-state index is 4.52. The van der Waals surface area contributed by atoms with Gasteiger partial charge in [0.2, 0.25) is 0 Å². The number of hydrogen-bond acceptors (Lipinski definition) is 3. The lowest BCUT2D eigenvalue weighted by Crippen LogP contribution is -2.32. The first-order chi connectivity index (χ1) is 8.22. The van der Waals surface area contributed by atoms with Gasteiger partial charge in [-0.15, -0.1) is 0 Å². The summed E-state index contributed by atoms with van der Waals surface area (Å²) in [5.74, 6) is 2.59.